The number of hydrogen-bond donors (Lipinski definition) is 2. The Bertz CT molecular complexity index is 1100. The minimum atomic E-state index is -4.93. The number of halogens is 5. The Morgan fingerprint density at radius 1 is 1.09 bits per heavy atom. The largest absolute Gasteiger partial charge is 0.431 e. The minimum Gasteiger partial charge on any atom is -0.431 e. The average molecular weight is 483 g/mol. The molecule has 182 valence electrons. The van der Waals surface area contributed by atoms with Gasteiger partial charge in [0.15, 0.2) is 0 Å². The summed E-state index contributed by atoms with van der Waals surface area (Å²) in [5.74, 6) is -4.01. The topological polar surface area (TPSA) is 79.4 Å². The van der Waals surface area contributed by atoms with Crippen LogP contribution < -0.4 is 15.5 Å². The lowest BCUT2D eigenvalue weighted by molar-refractivity contribution is -0.206. The van der Waals surface area contributed by atoms with Crippen LogP contribution in [0.2, 0.25) is 0 Å². The number of amides is 1. The molecule has 2 aromatic heterocycles. The molecule has 4 heterocycles. The summed E-state index contributed by atoms with van der Waals surface area (Å²) in [6, 6.07) is 3.74. The first-order valence-electron chi connectivity index (χ1n) is 11.0. The lowest BCUT2D eigenvalue weighted by atomic mass is 9.96. The van der Waals surface area contributed by atoms with Crippen molar-refractivity contribution in [1.82, 2.24) is 15.3 Å². The number of fused-ring (bicyclic) bond motifs is 1. The molecule has 0 spiro atoms. The van der Waals surface area contributed by atoms with Gasteiger partial charge in [0.05, 0.1) is 11.3 Å². The first-order chi connectivity index (χ1) is 16.1. The highest BCUT2D eigenvalue weighted by molar-refractivity contribution is 5.89. The fraction of sp³-hybridized carbons (Fsp3) is 0.500. The van der Waals surface area contributed by atoms with Gasteiger partial charge in [-0.2, -0.15) is 13.2 Å². The van der Waals surface area contributed by atoms with Crippen molar-refractivity contribution >= 4 is 17.7 Å². The first-order valence-corrected chi connectivity index (χ1v) is 11.0. The molecule has 0 bridgehead atoms. The van der Waals surface area contributed by atoms with Crippen LogP contribution in [0.25, 0.3) is 11.3 Å². The van der Waals surface area contributed by atoms with Gasteiger partial charge in [0.25, 0.3) is 5.92 Å². The second kappa shape index (κ2) is 8.33. The van der Waals surface area contributed by atoms with Crippen molar-refractivity contribution < 1.29 is 31.5 Å². The number of aromatic nitrogens is 2. The van der Waals surface area contributed by atoms with Crippen molar-refractivity contribution in [2.45, 2.75) is 37.5 Å². The predicted molar refractivity (Wildman–Crippen MR) is 113 cm³/mol. The third kappa shape index (κ3) is 4.26. The van der Waals surface area contributed by atoms with E-state index in [2.05, 4.69) is 25.3 Å². The Morgan fingerprint density at radius 2 is 1.88 bits per heavy atom. The second-order valence-corrected chi connectivity index (χ2v) is 8.66. The van der Waals surface area contributed by atoms with Gasteiger partial charge in [0.2, 0.25) is 6.10 Å². The number of rotatable bonds is 4. The molecule has 34 heavy (non-hydrogen) atoms. The predicted octanol–water partition coefficient (Wildman–Crippen LogP) is 4.61. The number of anilines is 2. The van der Waals surface area contributed by atoms with Crippen LogP contribution in [0.4, 0.5) is 38.4 Å². The lowest BCUT2D eigenvalue weighted by Gasteiger charge is -2.29. The van der Waals surface area contributed by atoms with Gasteiger partial charge in [0, 0.05) is 42.9 Å². The summed E-state index contributed by atoms with van der Waals surface area (Å²) in [5.41, 5.74) is -0.882. The van der Waals surface area contributed by atoms with Gasteiger partial charge >= 0.3 is 12.3 Å². The molecule has 12 heteroatoms. The van der Waals surface area contributed by atoms with Crippen molar-refractivity contribution in [3.05, 3.63) is 35.5 Å². The molecule has 2 aliphatic heterocycles. The number of cyclic esters (lactones) is 1. The number of hydrogen-bond acceptors (Lipinski definition) is 6. The molecule has 0 aromatic carbocycles. The molecule has 3 aliphatic rings. The molecule has 1 atom stereocenters. The first kappa shape index (κ1) is 22.8. The van der Waals surface area contributed by atoms with E-state index in [0.29, 0.717) is 32.5 Å². The van der Waals surface area contributed by atoms with E-state index in [1.54, 1.807) is 0 Å². The molecule has 2 N–H and O–H groups in total. The van der Waals surface area contributed by atoms with Crippen LogP contribution >= 0.6 is 0 Å². The van der Waals surface area contributed by atoms with E-state index >= 15 is 8.78 Å². The molecule has 7 nitrogen and oxygen atoms in total. The summed E-state index contributed by atoms with van der Waals surface area (Å²) in [7, 11) is 0. The second-order valence-electron chi connectivity index (χ2n) is 8.66. The molecule has 0 unspecified atom stereocenters. The zero-order valence-corrected chi connectivity index (χ0v) is 18.0. The maximum atomic E-state index is 15.2. The monoisotopic (exact) mass is 483 g/mol. The minimum absolute atomic E-state index is 0.0577. The van der Waals surface area contributed by atoms with E-state index in [1.807, 2.05) is 4.90 Å². The number of alkyl halides is 5. The van der Waals surface area contributed by atoms with Crippen LogP contribution in [-0.2, 0) is 10.7 Å². The van der Waals surface area contributed by atoms with E-state index in [1.165, 1.54) is 18.3 Å². The van der Waals surface area contributed by atoms with Crippen LogP contribution in [0.1, 0.15) is 36.5 Å². The number of pyridine rings is 2. The van der Waals surface area contributed by atoms with Crippen LogP contribution in [0, 0.1) is 5.92 Å². The number of carbonyl (C=O) groups excluding carboxylic acids is 1. The lowest BCUT2D eigenvalue weighted by Crippen LogP contribution is -2.34. The highest BCUT2D eigenvalue weighted by Crippen LogP contribution is 2.51. The SMILES string of the molecule is O=C1Nc2nccc(-c3cc(C(F)(F)C4CC4)cc(N4CCCNCC4)n3)c2[C@H](C(F)(F)F)O1. The molecule has 2 fully saturated rings. The normalized spacial score (nSPS) is 21.4. The zero-order valence-electron chi connectivity index (χ0n) is 18.0. The fourth-order valence-electron chi connectivity index (χ4n) is 4.35. The summed E-state index contributed by atoms with van der Waals surface area (Å²) in [6.45, 7) is 2.48. The van der Waals surface area contributed by atoms with Crippen molar-refractivity contribution in [1.29, 1.82) is 0 Å². The van der Waals surface area contributed by atoms with Crippen molar-refractivity contribution in [3.8, 4) is 11.3 Å². The van der Waals surface area contributed by atoms with E-state index in [-0.39, 0.29) is 28.5 Å². The molecule has 5 rings (SSSR count). The smallest absolute Gasteiger partial charge is 0.430 e. The Morgan fingerprint density at radius 3 is 2.62 bits per heavy atom. The van der Waals surface area contributed by atoms with Crippen molar-refractivity contribution in [3.63, 3.8) is 0 Å². The van der Waals surface area contributed by atoms with Crippen molar-refractivity contribution in [2.24, 2.45) is 5.92 Å². The van der Waals surface area contributed by atoms with E-state index in [9.17, 15) is 18.0 Å². The van der Waals surface area contributed by atoms with Crippen molar-refractivity contribution in [2.75, 3.05) is 36.4 Å². The molecule has 2 aromatic rings. The van der Waals surface area contributed by atoms with Gasteiger partial charge in [-0.25, -0.2) is 23.5 Å². The Kier molecular flexibility index (Phi) is 5.58. The summed E-state index contributed by atoms with van der Waals surface area (Å²) in [4.78, 5) is 21.9. The van der Waals surface area contributed by atoms with Crippen LogP contribution in [0.3, 0.4) is 0 Å². The molecule has 1 saturated carbocycles. The van der Waals surface area contributed by atoms with E-state index < -0.39 is 35.8 Å². The highest BCUT2D eigenvalue weighted by Gasteiger charge is 2.50. The van der Waals surface area contributed by atoms with Gasteiger partial charge in [-0.15, -0.1) is 0 Å². The quantitative estimate of drug-likeness (QED) is 0.619. The fourth-order valence-corrected chi connectivity index (χ4v) is 4.35. The number of ether oxygens (including phenoxy) is 1. The maximum Gasteiger partial charge on any atom is 0.430 e. The third-order valence-corrected chi connectivity index (χ3v) is 6.22. The van der Waals surface area contributed by atoms with E-state index in [4.69, 9.17) is 0 Å². The molecule has 1 saturated heterocycles. The molecule has 1 amide bonds. The molecular formula is C22H22F5N5O2. The van der Waals surface area contributed by atoms with Crippen LogP contribution in [-0.4, -0.2) is 48.4 Å². The highest BCUT2D eigenvalue weighted by atomic mass is 19.4. The number of nitrogens with zero attached hydrogens (tertiary/aromatic N) is 3. The number of nitrogens with one attached hydrogen (secondary N) is 2. The summed E-state index contributed by atoms with van der Waals surface area (Å²) in [5, 5.41) is 5.39. The standard InChI is InChI=1S/C22H22F5N5O2/c23-21(24,12-2-3-12)13-10-15(30-16(11-13)32-8-1-5-28-7-9-32)14-4-6-29-19-17(14)18(22(25,26)27)34-20(33)31-19/h4,6,10-12,18,28H,1-3,5,7-9H2,(H,29,31,33)/t18-/m1/s1. The number of carbonyl (C=O) groups is 1. The molecule has 0 radical (unpaired) electrons. The maximum absolute atomic E-state index is 15.2. The Labute approximate surface area is 191 Å². The van der Waals surface area contributed by atoms with E-state index in [0.717, 1.165) is 19.0 Å². The Balaban J connectivity index is 1.67. The van der Waals surface area contributed by atoms with Gasteiger partial charge in [-0.3, -0.25) is 5.32 Å². The Hall–Kier alpha value is -3.02. The van der Waals surface area contributed by atoms with Crippen LogP contribution in [0.5, 0.6) is 0 Å². The van der Waals surface area contributed by atoms with Gasteiger partial charge in [-0.1, -0.05) is 0 Å². The van der Waals surface area contributed by atoms with Gasteiger partial charge < -0.3 is 15.0 Å². The van der Waals surface area contributed by atoms with Gasteiger partial charge in [0.1, 0.15) is 11.6 Å². The third-order valence-electron chi connectivity index (χ3n) is 6.22. The average Bonchev–Trinajstić information content (AvgIpc) is 3.65. The molecular weight excluding hydrogens is 461 g/mol. The zero-order chi connectivity index (χ0) is 24.1. The summed E-state index contributed by atoms with van der Waals surface area (Å²) in [6.07, 6.45) is -6.09. The molecule has 1 aliphatic carbocycles. The summed E-state index contributed by atoms with van der Waals surface area (Å²) >= 11 is 0. The summed E-state index contributed by atoms with van der Waals surface area (Å²) < 4.78 is 76.3. The van der Waals surface area contributed by atoms with Gasteiger partial charge in [-0.05, 0) is 44.0 Å². The van der Waals surface area contributed by atoms with Crippen LogP contribution in [0.15, 0.2) is 24.4 Å².